The predicted octanol–water partition coefficient (Wildman–Crippen LogP) is 5.08. The van der Waals surface area contributed by atoms with Gasteiger partial charge in [0.15, 0.2) is 5.82 Å². The van der Waals surface area contributed by atoms with Gasteiger partial charge in [-0.25, -0.2) is 14.1 Å². The summed E-state index contributed by atoms with van der Waals surface area (Å²) in [5.41, 5.74) is 5.26. The molecule has 0 saturated heterocycles. The number of fused-ring (bicyclic) bond motifs is 1. The van der Waals surface area contributed by atoms with E-state index in [9.17, 15) is 4.39 Å². The Morgan fingerprint density at radius 1 is 1.00 bits per heavy atom. The third-order valence-corrected chi connectivity index (χ3v) is 4.46. The summed E-state index contributed by atoms with van der Waals surface area (Å²) in [6.07, 6.45) is 0.786. The summed E-state index contributed by atoms with van der Waals surface area (Å²) >= 11 is 0. The van der Waals surface area contributed by atoms with Crippen molar-refractivity contribution in [3.8, 4) is 11.1 Å². The summed E-state index contributed by atoms with van der Waals surface area (Å²) in [5, 5.41) is 4.76. The summed E-state index contributed by atoms with van der Waals surface area (Å²) in [6.45, 7) is 4.05. The lowest BCUT2D eigenvalue weighted by Gasteiger charge is -2.24. The van der Waals surface area contributed by atoms with Gasteiger partial charge in [-0.1, -0.05) is 42.5 Å². The molecule has 0 N–H and O–H groups in total. The van der Waals surface area contributed by atoms with Crippen LogP contribution in [0.5, 0.6) is 0 Å². The summed E-state index contributed by atoms with van der Waals surface area (Å²) in [5.74, 6) is 0.665. The molecule has 2 heterocycles. The highest BCUT2D eigenvalue weighted by Crippen LogP contribution is 2.40. The zero-order chi connectivity index (χ0) is 16.7. The van der Waals surface area contributed by atoms with E-state index in [1.807, 2.05) is 48.9 Å². The first-order valence-electron chi connectivity index (χ1n) is 8.07. The fraction of sp³-hybridized carbons (Fsp3) is 0.200. The Labute approximate surface area is 140 Å². The molecule has 0 aliphatic carbocycles. The lowest BCUT2D eigenvalue weighted by molar-refractivity contribution is 0.526. The Kier molecular flexibility index (Phi) is 3.53. The average molecular weight is 319 g/mol. The molecule has 3 aromatic rings. The van der Waals surface area contributed by atoms with E-state index < -0.39 is 0 Å². The maximum Gasteiger partial charge on any atom is 0.159 e. The van der Waals surface area contributed by atoms with E-state index >= 15 is 0 Å². The quantitative estimate of drug-likeness (QED) is 0.647. The van der Waals surface area contributed by atoms with Crippen LogP contribution in [0, 0.1) is 12.7 Å². The van der Waals surface area contributed by atoms with E-state index in [1.165, 1.54) is 12.1 Å². The van der Waals surface area contributed by atoms with Crippen molar-refractivity contribution in [3.05, 3.63) is 71.7 Å². The average Bonchev–Trinajstić information content (AvgIpc) is 2.91. The topological polar surface area (TPSA) is 30.2 Å². The first-order valence-corrected chi connectivity index (χ1v) is 8.07. The molecular weight excluding hydrogens is 301 g/mol. The summed E-state index contributed by atoms with van der Waals surface area (Å²) in [7, 11) is 0. The van der Waals surface area contributed by atoms with Crippen LogP contribution in [0.3, 0.4) is 0 Å². The van der Waals surface area contributed by atoms with Crippen molar-refractivity contribution in [3.63, 3.8) is 0 Å². The van der Waals surface area contributed by atoms with Gasteiger partial charge >= 0.3 is 0 Å². The maximum absolute atomic E-state index is 13.3. The van der Waals surface area contributed by atoms with Crippen molar-refractivity contribution in [1.29, 1.82) is 0 Å². The van der Waals surface area contributed by atoms with Crippen molar-refractivity contribution < 1.29 is 4.39 Å². The van der Waals surface area contributed by atoms with Gasteiger partial charge in [0.05, 0.1) is 11.7 Å². The maximum atomic E-state index is 13.3. The third-order valence-electron chi connectivity index (χ3n) is 4.46. The number of aromatic nitrogens is 2. The number of aliphatic imine (C=N–C) groups is 1. The molecule has 0 saturated carbocycles. The Balaban J connectivity index is 1.88. The standard InChI is InChI=1S/C20H18FN3/c1-13-12-18(15-8-10-17(21)11-9-15)24-20(22-13)19(14(2)23-24)16-6-4-3-5-7-16/h3-11,18H,12H2,1-2H3. The zero-order valence-electron chi connectivity index (χ0n) is 13.7. The molecule has 0 amide bonds. The molecule has 2 aromatic carbocycles. The predicted molar refractivity (Wildman–Crippen MR) is 94.3 cm³/mol. The number of nitrogens with zero attached hydrogens (tertiary/aromatic N) is 3. The molecule has 0 bridgehead atoms. The van der Waals surface area contributed by atoms with Gasteiger partial charge in [-0.2, -0.15) is 5.10 Å². The molecule has 0 radical (unpaired) electrons. The van der Waals surface area contributed by atoms with Crippen LogP contribution >= 0.6 is 0 Å². The first-order chi connectivity index (χ1) is 11.6. The molecule has 4 rings (SSSR count). The van der Waals surface area contributed by atoms with E-state index in [0.717, 1.165) is 40.3 Å². The molecule has 4 heteroatoms. The molecule has 1 atom stereocenters. The zero-order valence-corrected chi connectivity index (χ0v) is 13.7. The number of benzene rings is 2. The van der Waals surface area contributed by atoms with Crippen LogP contribution in [-0.4, -0.2) is 15.5 Å². The SMILES string of the molecule is CC1=Nc2c(-c3ccccc3)c(C)nn2C(c2ccc(F)cc2)C1. The Morgan fingerprint density at radius 3 is 2.42 bits per heavy atom. The first kappa shape index (κ1) is 14.8. The van der Waals surface area contributed by atoms with Gasteiger partial charge in [0.2, 0.25) is 0 Å². The Hall–Kier alpha value is -2.75. The lowest BCUT2D eigenvalue weighted by Crippen LogP contribution is -2.19. The number of aryl methyl sites for hydroxylation is 1. The second kappa shape index (κ2) is 5.71. The van der Waals surface area contributed by atoms with Gasteiger partial charge in [0.1, 0.15) is 5.82 Å². The second-order valence-electron chi connectivity index (χ2n) is 6.21. The largest absolute Gasteiger partial charge is 0.239 e. The van der Waals surface area contributed by atoms with Gasteiger partial charge < -0.3 is 0 Å². The minimum Gasteiger partial charge on any atom is -0.239 e. The lowest BCUT2D eigenvalue weighted by atomic mass is 9.99. The molecular formula is C20H18FN3. The highest BCUT2D eigenvalue weighted by Gasteiger charge is 2.27. The van der Waals surface area contributed by atoms with E-state index in [2.05, 4.69) is 12.1 Å². The summed E-state index contributed by atoms with van der Waals surface area (Å²) in [6, 6.07) is 16.9. The summed E-state index contributed by atoms with van der Waals surface area (Å²) < 4.78 is 15.3. The van der Waals surface area contributed by atoms with Crippen molar-refractivity contribution in [1.82, 2.24) is 9.78 Å². The van der Waals surface area contributed by atoms with Crippen LogP contribution in [0.4, 0.5) is 10.2 Å². The second-order valence-corrected chi connectivity index (χ2v) is 6.21. The molecule has 1 unspecified atom stereocenters. The Morgan fingerprint density at radius 2 is 1.71 bits per heavy atom. The number of halogens is 1. The van der Waals surface area contributed by atoms with Crippen LogP contribution in [0.2, 0.25) is 0 Å². The van der Waals surface area contributed by atoms with Crippen molar-refractivity contribution in [2.24, 2.45) is 4.99 Å². The van der Waals surface area contributed by atoms with Crippen LogP contribution < -0.4 is 0 Å². The van der Waals surface area contributed by atoms with Gasteiger partial charge in [-0.15, -0.1) is 0 Å². The number of hydrogen-bond acceptors (Lipinski definition) is 2. The van der Waals surface area contributed by atoms with Gasteiger partial charge in [0.25, 0.3) is 0 Å². The number of hydrogen-bond donors (Lipinski definition) is 0. The molecule has 0 fully saturated rings. The van der Waals surface area contributed by atoms with Crippen molar-refractivity contribution in [2.45, 2.75) is 26.3 Å². The molecule has 1 aliphatic rings. The fourth-order valence-electron chi connectivity index (χ4n) is 3.34. The third kappa shape index (κ3) is 2.44. The van der Waals surface area contributed by atoms with E-state index in [-0.39, 0.29) is 11.9 Å². The van der Waals surface area contributed by atoms with Crippen molar-refractivity contribution >= 4 is 11.5 Å². The minimum absolute atomic E-state index is 0.0502. The van der Waals surface area contributed by atoms with E-state index in [0.29, 0.717) is 0 Å². The molecule has 120 valence electrons. The van der Waals surface area contributed by atoms with E-state index in [4.69, 9.17) is 10.1 Å². The summed E-state index contributed by atoms with van der Waals surface area (Å²) in [4.78, 5) is 4.78. The minimum atomic E-state index is -0.221. The molecule has 1 aromatic heterocycles. The number of rotatable bonds is 2. The molecule has 3 nitrogen and oxygen atoms in total. The highest BCUT2D eigenvalue weighted by atomic mass is 19.1. The van der Waals surface area contributed by atoms with Gasteiger partial charge in [-0.05, 0) is 37.1 Å². The van der Waals surface area contributed by atoms with Gasteiger partial charge in [-0.3, -0.25) is 0 Å². The van der Waals surface area contributed by atoms with Gasteiger partial charge in [0, 0.05) is 17.7 Å². The highest BCUT2D eigenvalue weighted by molar-refractivity contribution is 5.90. The van der Waals surface area contributed by atoms with Crippen molar-refractivity contribution in [2.75, 3.05) is 0 Å². The van der Waals surface area contributed by atoms with Crippen LogP contribution in [0.25, 0.3) is 11.1 Å². The fourth-order valence-corrected chi connectivity index (χ4v) is 3.34. The van der Waals surface area contributed by atoms with E-state index in [1.54, 1.807) is 0 Å². The monoisotopic (exact) mass is 319 g/mol. The normalized spacial score (nSPS) is 16.6. The molecule has 0 spiro atoms. The van der Waals surface area contributed by atoms with Crippen LogP contribution in [0.15, 0.2) is 59.6 Å². The smallest absolute Gasteiger partial charge is 0.159 e. The molecule has 1 aliphatic heterocycles. The molecule has 24 heavy (non-hydrogen) atoms. The van der Waals surface area contributed by atoms with Crippen LogP contribution in [-0.2, 0) is 0 Å². The van der Waals surface area contributed by atoms with Crippen LogP contribution in [0.1, 0.15) is 30.6 Å². The Bertz CT molecular complexity index is 908.